The average Bonchev–Trinajstić information content (AvgIpc) is 2.87. The molecule has 0 fully saturated rings. The molecule has 1 aromatic heterocycles. The summed E-state index contributed by atoms with van der Waals surface area (Å²) < 4.78 is 0. The molecular weight excluding hydrogens is 260 g/mol. The molecule has 0 saturated heterocycles. The van der Waals surface area contributed by atoms with Gasteiger partial charge in [0, 0.05) is 9.75 Å². The first-order valence-electron chi connectivity index (χ1n) is 7.64. The highest BCUT2D eigenvalue weighted by Gasteiger charge is 2.13. The lowest BCUT2D eigenvalue weighted by Crippen LogP contribution is -1.98. The van der Waals surface area contributed by atoms with Crippen molar-refractivity contribution in [2.24, 2.45) is 0 Å². The SMILES string of the molecule is CC(C)c1ccc(-c2ccc(C(C)C)c(C(C)C)c2)s1. The number of thiophene rings is 1. The summed E-state index contributed by atoms with van der Waals surface area (Å²) in [5.74, 6) is 1.79. The van der Waals surface area contributed by atoms with E-state index in [0.717, 1.165) is 0 Å². The van der Waals surface area contributed by atoms with E-state index >= 15 is 0 Å². The van der Waals surface area contributed by atoms with Crippen LogP contribution in [0.25, 0.3) is 10.4 Å². The van der Waals surface area contributed by atoms with Crippen LogP contribution in [0.1, 0.15) is 75.3 Å². The number of benzene rings is 1. The van der Waals surface area contributed by atoms with E-state index in [1.54, 1.807) is 0 Å². The van der Waals surface area contributed by atoms with Crippen LogP contribution in [0.4, 0.5) is 0 Å². The van der Waals surface area contributed by atoms with Gasteiger partial charge < -0.3 is 0 Å². The van der Waals surface area contributed by atoms with E-state index in [1.165, 1.54) is 26.4 Å². The molecule has 0 unspecified atom stereocenters. The summed E-state index contributed by atoms with van der Waals surface area (Å²) in [5.41, 5.74) is 4.36. The predicted octanol–water partition coefficient (Wildman–Crippen LogP) is 6.79. The van der Waals surface area contributed by atoms with Crippen molar-refractivity contribution in [3.63, 3.8) is 0 Å². The Balaban J connectivity index is 2.44. The molecule has 0 spiro atoms. The first-order chi connectivity index (χ1) is 9.40. The Morgan fingerprint density at radius 2 is 1.35 bits per heavy atom. The molecule has 0 aliphatic rings. The summed E-state index contributed by atoms with van der Waals surface area (Å²) >= 11 is 1.93. The van der Waals surface area contributed by atoms with Gasteiger partial charge >= 0.3 is 0 Å². The monoisotopic (exact) mass is 286 g/mol. The van der Waals surface area contributed by atoms with Crippen LogP contribution in [0, 0.1) is 0 Å². The summed E-state index contributed by atoms with van der Waals surface area (Å²) in [5, 5.41) is 0. The van der Waals surface area contributed by atoms with Gasteiger partial charge in [0.15, 0.2) is 0 Å². The van der Waals surface area contributed by atoms with Crippen molar-refractivity contribution in [2.45, 2.75) is 59.3 Å². The lowest BCUT2D eigenvalue weighted by atomic mass is 9.89. The minimum atomic E-state index is 0.580. The van der Waals surface area contributed by atoms with E-state index in [9.17, 15) is 0 Å². The lowest BCUT2D eigenvalue weighted by Gasteiger charge is -2.17. The van der Waals surface area contributed by atoms with Crippen molar-refractivity contribution in [3.05, 3.63) is 46.3 Å². The third-order valence-corrected chi connectivity index (χ3v) is 5.25. The van der Waals surface area contributed by atoms with Gasteiger partial charge in [-0.1, -0.05) is 53.7 Å². The maximum absolute atomic E-state index is 2.40. The first-order valence-corrected chi connectivity index (χ1v) is 8.45. The molecule has 2 rings (SSSR count). The number of hydrogen-bond donors (Lipinski definition) is 0. The number of hydrogen-bond acceptors (Lipinski definition) is 1. The van der Waals surface area contributed by atoms with E-state index < -0.39 is 0 Å². The molecule has 0 amide bonds. The molecule has 0 aliphatic carbocycles. The van der Waals surface area contributed by atoms with E-state index in [2.05, 4.69) is 71.9 Å². The molecule has 0 bridgehead atoms. The summed E-state index contributed by atoms with van der Waals surface area (Å²) in [6.45, 7) is 13.7. The molecular formula is C19H26S. The Morgan fingerprint density at radius 3 is 1.85 bits per heavy atom. The Bertz CT molecular complexity index is 573. The molecule has 1 heterocycles. The normalized spacial score (nSPS) is 11.8. The summed E-state index contributed by atoms with van der Waals surface area (Å²) in [6.07, 6.45) is 0. The minimum absolute atomic E-state index is 0.580. The Kier molecular flexibility index (Phi) is 4.70. The fourth-order valence-electron chi connectivity index (χ4n) is 2.57. The van der Waals surface area contributed by atoms with Gasteiger partial charge in [0.2, 0.25) is 0 Å². The molecule has 108 valence electrons. The average molecular weight is 286 g/mol. The highest BCUT2D eigenvalue weighted by Crippen LogP contribution is 2.35. The van der Waals surface area contributed by atoms with Crippen LogP contribution in [-0.4, -0.2) is 0 Å². The smallest absolute Gasteiger partial charge is 0.0345 e. The Morgan fingerprint density at radius 1 is 0.700 bits per heavy atom. The Hall–Kier alpha value is -1.08. The minimum Gasteiger partial charge on any atom is -0.140 e. The number of rotatable bonds is 4. The van der Waals surface area contributed by atoms with Gasteiger partial charge in [0.05, 0.1) is 0 Å². The van der Waals surface area contributed by atoms with Crippen LogP contribution in [0.3, 0.4) is 0 Å². The quantitative estimate of drug-likeness (QED) is 0.580. The molecule has 2 aromatic rings. The van der Waals surface area contributed by atoms with Crippen LogP contribution in [-0.2, 0) is 0 Å². The van der Waals surface area contributed by atoms with E-state index in [0.29, 0.717) is 17.8 Å². The first kappa shape index (κ1) is 15.3. The van der Waals surface area contributed by atoms with Crippen molar-refractivity contribution < 1.29 is 0 Å². The summed E-state index contributed by atoms with van der Waals surface area (Å²) in [4.78, 5) is 2.87. The molecule has 0 atom stereocenters. The van der Waals surface area contributed by atoms with Crippen LogP contribution >= 0.6 is 11.3 Å². The lowest BCUT2D eigenvalue weighted by molar-refractivity contribution is 0.791. The molecule has 20 heavy (non-hydrogen) atoms. The maximum atomic E-state index is 2.40. The van der Waals surface area contributed by atoms with Gasteiger partial charge in [-0.3, -0.25) is 0 Å². The molecule has 0 N–H and O–H groups in total. The van der Waals surface area contributed by atoms with Gasteiger partial charge in [-0.15, -0.1) is 11.3 Å². The zero-order chi connectivity index (χ0) is 14.9. The molecule has 0 saturated carbocycles. The third-order valence-electron chi connectivity index (χ3n) is 3.81. The van der Waals surface area contributed by atoms with Crippen molar-refractivity contribution in [1.82, 2.24) is 0 Å². The molecule has 0 nitrogen and oxygen atoms in total. The maximum Gasteiger partial charge on any atom is 0.0345 e. The largest absolute Gasteiger partial charge is 0.140 e. The molecule has 1 aromatic carbocycles. The second kappa shape index (κ2) is 6.13. The third kappa shape index (κ3) is 3.15. The van der Waals surface area contributed by atoms with Crippen LogP contribution < -0.4 is 0 Å². The zero-order valence-electron chi connectivity index (χ0n) is 13.5. The van der Waals surface area contributed by atoms with Gasteiger partial charge in [-0.05, 0) is 52.6 Å². The van der Waals surface area contributed by atoms with Gasteiger partial charge in [0.1, 0.15) is 0 Å². The van der Waals surface area contributed by atoms with Gasteiger partial charge in [-0.25, -0.2) is 0 Å². The van der Waals surface area contributed by atoms with E-state index in [4.69, 9.17) is 0 Å². The highest BCUT2D eigenvalue weighted by atomic mass is 32.1. The molecule has 0 aliphatic heterocycles. The van der Waals surface area contributed by atoms with E-state index in [-0.39, 0.29) is 0 Å². The fourth-order valence-corrected chi connectivity index (χ4v) is 3.58. The van der Waals surface area contributed by atoms with Crippen LogP contribution in [0.5, 0.6) is 0 Å². The van der Waals surface area contributed by atoms with Gasteiger partial charge in [0.25, 0.3) is 0 Å². The molecule has 0 radical (unpaired) electrons. The fraction of sp³-hybridized carbons (Fsp3) is 0.474. The second-order valence-electron chi connectivity index (χ2n) is 6.51. The van der Waals surface area contributed by atoms with Crippen LogP contribution in [0.2, 0.25) is 0 Å². The molecule has 1 heteroatoms. The second-order valence-corrected chi connectivity index (χ2v) is 7.63. The Labute approximate surface area is 127 Å². The van der Waals surface area contributed by atoms with E-state index in [1.807, 2.05) is 11.3 Å². The topological polar surface area (TPSA) is 0 Å². The van der Waals surface area contributed by atoms with Gasteiger partial charge in [-0.2, -0.15) is 0 Å². The van der Waals surface area contributed by atoms with Crippen molar-refractivity contribution in [2.75, 3.05) is 0 Å². The standard InChI is InChI=1S/C19H26S/c1-12(2)16-8-7-15(11-17(16)13(3)4)19-10-9-18(20-19)14(5)6/h7-14H,1-6H3. The highest BCUT2D eigenvalue weighted by molar-refractivity contribution is 7.15. The van der Waals surface area contributed by atoms with Crippen molar-refractivity contribution in [1.29, 1.82) is 0 Å². The zero-order valence-corrected chi connectivity index (χ0v) is 14.3. The summed E-state index contributed by atoms with van der Waals surface area (Å²) in [7, 11) is 0. The van der Waals surface area contributed by atoms with Crippen molar-refractivity contribution in [3.8, 4) is 10.4 Å². The summed E-state index contributed by atoms with van der Waals surface area (Å²) in [6, 6.07) is 11.6. The van der Waals surface area contributed by atoms with Crippen molar-refractivity contribution >= 4 is 11.3 Å². The van der Waals surface area contributed by atoms with Crippen LogP contribution in [0.15, 0.2) is 30.3 Å². The predicted molar refractivity (Wildman–Crippen MR) is 92.0 cm³/mol.